The molecule has 3 atom stereocenters. The molecule has 6 nitrogen and oxygen atoms in total. The number of nitrogens with zero attached hydrogens (tertiary/aromatic N) is 2. The molecule has 1 N–H and O–H groups in total. The van der Waals surface area contributed by atoms with Crippen LogP contribution in [0.5, 0.6) is 0 Å². The molecule has 2 fully saturated rings. The summed E-state index contributed by atoms with van der Waals surface area (Å²) in [5.74, 6) is -0.546. The van der Waals surface area contributed by atoms with E-state index >= 15 is 0 Å². The largest absolute Gasteiger partial charge is 0.480 e. The van der Waals surface area contributed by atoms with Gasteiger partial charge in [-0.3, -0.25) is 0 Å². The van der Waals surface area contributed by atoms with E-state index in [9.17, 15) is 14.7 Å². The predicted octanol–water partition coefficient (Wildman–Crippen LogP) is 1.40. The van der Waals surface area contributed by atoms with Gasteiger partial charge in [0, 0.05) is 26.2 Å². The van der Waals surface area contributed by atoms with Crippen molar-refractivity contribution in [1.29, 1.82) is 0 Å². The SMILES string of the molecule is CC1CCN(C(=O)N2CCCOC(C)C2)C(C(=O)O)C1. The third-order valence-electron chi connectivity index (χ3n) is 4.12. The van der Waals surface area contributed by atoms with Gasteiger partial charge < -0.3 is 19.6 Å². The zero-order chi connectivity index (χ0) is 14.7. The molecule has 6 heteroatoms. The summed E-state index contributed by atoms with van der Waals surface area (Å²) in [5.41, 5.74) is 0. The minimum absolute atomic E-state index is 0.00782. The number of carbonyl (C=O) groups is 2. The van der Waals surface area contributed by atoms with Crippen molar-refractivity contribution in [3.8, 4) is 0 Å². The van der Waals surface area contributed by atoms with Crippen LogP contribution < -0.4 is 0 Å². The Morgan fingerprint density at radius 3 is 2.70 bits per heavy atom. The molecule has 0 saturated carbocycles. The van der Waals surface area contributed by atoms with E-state index in [1.807, 2.05) is 13.8 Å². The summed E-state index contributed by atoms with van der Waals surface area (Å²) in [6, 6.07) is -0.840. The molecule has 2 aliphatic rings. The fraction of sp³-hybridized carbons (Fsp3) is 0.857. The van der Waals surface area contributed by atoms with E-state index in [1.54, 1.807) is 4.90 Å². The standard InChI is InChI=1S/C14H24N2O4/c1-10-4-6-16(12(8-10)13(17)18)14(19)15-5-3-7-20-11(2)9-15/h10-12H,3-9H2,1-2H3,(H,17,18). The number of carbonyl (C=O) groups excluding carboxylic acids is 1. The first kappa shape index (κ1) is 15.1. The van der Waals surface area contributed by atoms with Crippen LogP contribution >= 0.6 is 0 Å². The smallest absolute Gasteiger partial charge is 0.326 e. The summed E-state index contributed by atoms with van der Waals surface area (Å²) in [6.45, 7) is 6.35. The van der Waals surface area contributed by atoms with E-state index in [4.69, 9.17) is 4.74 Å². The number of piperidine rings is 1. The molecule has 20 heavy (non-hydrogen) atoms. The molecule has 0 aromatic carbocycles. The van der Waals surface area contributed by atoms with Crippen molar-refractivity contribution >= 4 is 12.0 Å². The van der Waals surface area contributed by atoms with Crippen LogP contribution in [-0.2, 0) is 9.53 Å². The molecule has 0 bridgehead atoms. The van der Waals surface area contributed by atoms with E-state index in [0.29, 0.717) is 38.6 Å². The van der Waals surface area contributed by atoms with Gasteiger partial charge in [0.2, 0.25) is 0 Å². The van der Waals surface area contributed by atoms with Gasteiger partial charge in [0.1, 0.15) is 6.04 Å². The van der Waals surface area contributed by atoms with Gasteiger partial charge in [-0.25, -0.2) is 9.59 Å². The highest BCUT2D eigenvalue weighted by atomic mass is 16.5. The summed E-state index contributed by atoms with van der Waals surface area (Å²) in [4.78, 5) is 27.3. The predicted molar refractivity (Wildman–Crippen MR) is 73.5 cm³/mol. The van der Waals surface area contributed by atoms with Gasteiger partial charge in [-0.1, -0.05) is 6.92 Å². The second kappa shape index (κ2) is 6.43. The van der Waals surface area contributed by atoms with Crippen LogP contribution in [0.3, 0.4) is 0 Å². The second-order valence-corrected chi connectivity index (χ2v) is 5.94. The lowest BCUT2D eigenvalue weighted by Gasteiger charge is -2.39. The molecular formula is C14H24N2O4. The van der Waals surface area contributed by atoms with Crippen molar-refractivity contribution in [1.82, 2.24) is 9.80 Å². The molecule has 2 saturated heterocycles. The summed E-state index contributed by atoms with van der Waals surface area (Å²) in [5, 5.41) is 9.34. The van der Waals surface area contributed by atoms with Gasteiger partial charge >= 0.3 is 12.0 Å². The first-order chi connectivity index (χ1) is 9.49. The van der Waals surface area contributed by atoms with Gasteiger partial charge in [0.05, 0.1) is 6.10 Å². The Hall–Kier alpha value is -1.30. The molecule has 0 aliphatic carbocycles. The van der Waals surface area contributed by atoms with E-state index < -0.39 is 12.0 Å². The van der Waals surface area contributed by atoms with Crippen molar-refractivity contribution in [3.05, 3.63) is 0 Å². The van der Waals surface area contributed by atoms with Crippen LogP contribution in [-0.4, -0.2) is 65.3 Å². The Bertz CT molecular complexity index is 374. The molecule has 2 rings (SSSR count). The Morgan fingerprint density at radius 1 is 1.25 bits per heavy atom. The number of ether oxygens (including phenoxy) is 1. The third-order valence-corrected chi connectivity index (χ3v) is 4.12. The average molecular weight is 284 g/mol. The Kier molecular flexibility index (Phi) is 4.86. The summed E-state index contributed by atoms with van der Waals surface area (Å²) < 4.78 is 5.53. The molecule has 114 valence electrons. The van der Waals surface area contributed by atoms with Crippen LogP contribution in [0.2, 0.25) is 0 Å². The van der Waals surface area contributed by atoms with Crippen LogP contribution in [0.15, 0.2) is 0 Å². The number of amides is 2. The molecule has 0 aromatic heterocycles. The number of carboxylic acid groups (broad SMARTS) is 1. The van der Waals surface area contributed by atoms with Crippen molar-refractivity contribution in [3.63, 3.8) is 0 Å². The number of urea groups is 1. The molecule has 2 aliphatic heterocycles. The van der Waals surface area contributed by atoms with Crippen LogP contribution in [0.25, 0.3) is 0 Å². The summed E-state index contributed by atoms with van der Waals surface area (Å²) >= 11 is 0. The molecule has 0 radical (unpaired) electrons. The zero-order valence-corrected chi connectivity index (χ0v) is 12.2. The summed E-state index contributed by atoms with van der Waals surface area (Å²) in [7, 11) is 0. The molecule has 2 amide bonds. The van der Waals surface area contributed by atoms with Crippen LogP contribution in [0.4, 0.5) is 4.79 Å². The lowest BCUT2D eigenvalue weighted by Crippen LogP contribution is -2.55. The number of carboxylic acids is 1. The van der Waals surface area contributed by atoms with Gasteiger partial charge in [0.25, 0.3) is 0 Å². The monoisotopic (exact) mass is 284 g/mol. The van der Waals surface area contributed by atoms with Gasteiger partial charge in [-0.05, 0) is 32.1 Å². The highest BCUT2D eigenvalue weighted by molar-refractivity contribution is 5.83. The van der Waals surface area contributed by atoms with Gasteiger partial charge in [0.15, 0.2) is 0 Å². The van der Waals surface area contributed by atoms with E-state index in [1.165, 1.54) is 4.90 Å². The Balaban J connectivity index is 2.07. The summed E-state index contributed by atoms with van der Waals surface area (Å²) in [6.07, 6.45) is 2.22. The highest BCUT2D eigenvalue weighted by Crippen LogP contribution is 2.24. The van der Waals surface area contributed by atoms with E-state index in [-0.39, 0.29) is 12.1 Å². The molecule has 0 aromatic rings. The number of hydrogen-bond acceptors (Lipinski definition) is 3. The number of likely N-dealkylation sites (tertiary alicyclic amines) is 1. The van der Waals surface area contributed by atoms with Crippen LogP contribution in [0, 0.1) is 5.92 Å². The average Bonchev–Trinajstić information content (AvgIpc) is 2.62. The van der Waals surface area contributed by atoms with Crippen molar-refractivity contribution in [2.75, 3.05) is 26.2 Å². The van der Waals surface area contributed by atoms with Crippen LogP contribution in [0.1, 0.15) is 33.1 Å². The number of rotatable bonds is 1. The molecular weight excluding hydrogens is 260 g/mol. The minimum atomic E-state index is -0.899. The maximum atomic E-state index is 12.6. The van der Waals surface area contributed by atoms with E-state index in [2.05, 4.69) is 0 Å². The van der Waals surface area contributed by atoms with Gasteiger partial charge in [-0.15, -0.1) is 0 Å². The fourth-order valence-corrected chi connectivity index (χ4v) is 2.95. The Morgan fingerprint density at radius 2 is 2.00 bits per heavy atom. The van der Waals surface area contributed by atoms with Crippen molar-refractivity contribution in [2.45, 2.75) is 45.3 Å². The molecule has 3 unspecified atom stereocenters. The Labute approximate surface area is 119 Å². The number of aliphatic carboxylic acids is 1. The van der Waals surface area contributed by atoms with Gasteiger partial charge in [-0.2, -0.15) is 0 Å². The number of hydrogen-bond donors (Lipinski definition) is 1. The fourth-order valence-electron chi connectivity index (χ4n) is 2.95. The van der Waals surface area contributed by atoms with E-state index in [0.717, 1.165) is 12.8 Å². The lowest BCUT2D eigenvalue weighted by molar-refractivity contribution is -0.144. The second-order valence-electron chi connectivity index (χ2n) is 5.94. The topological polar surface area (TPSA) is 70.1 Å². The first-order valence-electron chi connectivity index (χ1n) is 7.39. The van der Waals surface area contributed by atoms with Crippen molar-refractivity contribution < 1.29 is 19.4 Å². The lowest BCUT2D eigenvalue weighted by atomic mass is 9.92. The third kappa shape index (κ3) is 3.42. The van der Waals surface area contributed by atoms with Crippen molar-refractivity contribution in [2.24, 2.45) is 5.92 Å². The highest BCUT2D eigenvalue weighted by Gasteiger charge is 2.37. The quantitative estimate of drug-likeness (QED) is 0.790. The maximum absolute atomic E-state index is 12.6. The normalized spacial score (nSPS) is 31.8. The first-order valence-corrected chi connectivity index (χ1v) is 7.39. The molecule has 0 spiro atoms. The maximum Gasteiger partial charge on any atom is 0.326 e. The zero-order valence-electron chi connectivity index (χ0n) is 12.2. The molecule has 2 heterocycles. The minimum Gasteiger partial charge on any atom is -0.480 e.